The second-order valence-electron chi connectivity index (χ2n) is 6.50. The van der Waals surface area contributed by atoms with Crippen LogP contribution >= 0.6 is 11.8 Å². The Morgan fingerprint density at radius 3 is 2.52 bits per heavy atom. The van der Waals surface area contributed by atoms with E-state index in [1.807, 2.05) is 11.0 Å². The predicted octanol–water partition coefficient (Wildman–Crippen LogP) is 1.95. The number of aromatic nitrogens is 4. The maximum atomic E-state index is 13.9. The second kappa shape index (κ2) is 8.48. The molecule has 0 saturated carbocycles. The number of rotatable bonds is 5. The van der Waals surface area contributed by atoms with Gasteiger partial charge in [-0.2, -0.15) is 4.68 Å². The van der Waals surface area contributed by atoms with Crippen LogP contribution < -0.4 is 4.90 Å². The summed E-state index contributed by atoms with van der Waals surface area (Å²) in [5, 5.41) is 21.5. The van der Waals surface area contributed by atoms with Crippen molar-refractivity contribution in [2.75, 3.05) is 36.8 Å². The number of piperazine rings is 1. The van der Waals surface area contributed by atoms with Crippen LogP contribution in [0.2, 0.25) is 0 Å². The highest BCUT2D eigenvalue weighted by Crippen LogP contribution is 2.22. The zero-order valence-electron chi connectivity index (χ0n) is 15.5. The van der Waals surface area contributed by atoms with Crippen molar-refractivity contribution in [1.82, 2.24) is 25.1 Å². The third-order valence-electron chi connectivity index (χ3n) is 4.69. The van der Waals surface area contributed by atoms with Gasteiger partial charge in [0.15, 0.2) is 0 Å². The molecule has 0 radical (unpaired) electrons. The lowest BCUT2D eigenvalue weighted by Gasteiger charge is -2.36. The fourth-order valence-electron chi connectivity index (χ4n) is 3.15. The Balaban J connectivity index is 1.33. The fraction of sp³-hybridized carbons (Fsp3) is 0.263. The number of carbonyl (C=O) groups excluding carboxylic acids is 1. The van der Waals surface area contributed by atoms with E-state index in [0.717, 1.165) is 0 Å². The highest BCUT2D eigenvalue weighted by molar-refractivity contribution is 7.99. The minimum absolute atomic E-state index is 0.0107. The molecule has 0 aliphatic carbocycles. The van der Waals surface area contributed by atoms with Crippen LogP contribution in [0.3, 0.4) is 0 Å². The molecule has 0 unspecified atom stereocenters. The van der Waals surface area contributed by atoms with Crippen LogP contribution in [0.25, 0.3) is 5.69 Å². The molecular formula is C19H19FN6O2S. The van der Waals surface area contributed by atoms with Crippen molar-refractivity contribution in [3.63, 3.8) is 0 Å². The molecule has 2 heterocycles. The highest BCUT2D eigenvalue weighted by Gasteiger charge is 2.23. The summed E-state index contributed by atoms with van der Waals surface area (Å²) in [6.45, 7) is 2.25. The highest BCUT2D eigenvalue weighted by atomic mass is 32.2. The number of phenols is 1. The molecular weight excluding hydrogens is 395 g/mol. The number of para-hydroxylation sites is 1. The SMILES string of the molecule is O=C(CSc1nnnn1-c1ccc(O)cc1)N1CCN(c2ccccc2F)CC1. The molecule has 1 saturated heterocycles. The number of aromatic hydroxyl groups is 1. The molecule has 3 aromatic rings. The van der Waals surface area contributed by atoms with Crippen LogP contribution in [-0.4, -0.2) is 68.1 Å². The molecule has 1 aliphatic rings. The van der Waals surface area contributed by atoms with E-state index in [2.05, 4.69) is 15.5 Å². The average Bonchev–Trinajstić information content (AvgIpc) is 3.22. The quantitative estimate of drug-likeness (QED) is 0.639. The zero-order valence-corrected chi connectivity index (χ0v) is 16.3. The topological polar surface area (TPSA) is 87.4 Å². The van der Waals surface area contributed by atoms with Crippen molar-refractivity contribution in [1.29, 1.82) is 0 Å². The molecule has 2 aromatic carbocycles. The number of tetrazole rings is 1. The summed E-state index contributed by atoms with van der Waals surface area (Å²) in [7, 11) is 0. The number of amides is 1. The lowest BCUT2D eigenvalue weighted by molar-refractivity contribution is -0.128. The molecule has 8 nitrogen and oxygen atoms in total. The maximum Gasteiger partial charge on any atom is 0.233 e. The van der Waals surface area contributed by atoms with Gasteiger partial charge in [-0.1, -0.05) is 23.9 Å². The van der Waals surface area contributed by atoms with Gasteiger partial charge in [-0.25, -0.2) is 4.39 Å². The third-order valence-corrected chi connectivity index (χ3v) is 5.59. The molecule has 1 amide bonds. The van der Waals surface area contributed by atoms with E-state index >= 15 is 0 Å². The minimum atomic E-state index is -0.246. The Morgan fingerprint density at radius 2 is 1.79 bits per heavy atom. The van der Waals surface area contributed by atoms with Crippen LogP contribution in [0, 0.1) is 5.82 Å². The Labute approximate surface area is 170 Å². The van der Waals surface area contributed by atoms with E-state index in [9.17, 15) is 14.3 Å². The lowest BCUT2D eigenvalue weighted by atomic mass is 10.2. The van der Waals surface area contributed by atoms with Gasteiger partial charge in [-0.05, 0) is 46.8 Å². The summed E-state index contributed by atoms with van der Waals surface area (Å²) in [5.41, 5.74) is 1.27. The van der Waals surface area contributed by atoms with E-state index in [4.69, 9.17) is 0 Å². The number of nitrogens with zero attached hydrogens (tertiary/aromatic N) is 6. The number of hydrogen-bond acceptors (Lipinski definition) is 7. The van der Waals surface area contributed by atoms with Crippen molar-refractivity contribution in [3.8, 4) is 11.4 Å². The molecule has 150 valence electrons. The van der Waals surface area contributed by atoms with Crippen LogP contribution in [0.1, 0.15) is 0 Å². The third kappa shape index (κ3) is 4.32. The van der Waals surface area contributed by atoms with Gasteiger partial charge in [0.1, 0.15) is 11.6 Å². The summed E-state index contributed by atoms with van der Waals surface area (Å²) < 4.78 is 15.5. The predicted molar refractivity (Wildman–Crippen MR) is 107 cm³/mol. The number of thioether (sulfide) groups is 1. The normalized spacial score (nSPS) is 14.2. The Bertz CT molecular complexity index is 988. The molecule has 0 bridgehead atoms. The van der Waals surface area contributed by atoms with E-state index in [1.165, 1.54) is 22.5 Å². The fourth-order valence-corrected chi connectivity index (χ4v) is 3.94. The molecule has 1 fully saturated rings. The molecule has 29 heavy (non-hydrogen) atoms. The molecule has 1 aromatic heterocycles. The number of carbonyl (C=O) groups is 1. The first-order valence-corrected chi connectivity index (χ1v) is 10.1. The van der Waals surface area contributed by atoms with Gasteiger partial charge in [0.2, 0.25) is 11.1 Å². The summed E-state index contributed by atoms with van der Waals surface area (Å²) in [4.78, 5) is 16.3. The summed E-state index contributed by atoms with van der Waals surface area (Å²) >= 11 is 1.25. The van der Waals surface area contributed by atoms with Gasteiger partial charge in [0, 0.05) is 26.2 Å². The Hall–Kier alpha value is -3.14. The standard InChI is InChI=1S/C19H19FN6O2S/c20-16-3-1-2-4-17(16)24-9-11-25(12-10-24)18(28)13-29-19-21-22-23-26(19)14-5-7-15(27)8-6-14/h1-8,27H,9-13H2. The average molecular weight is 414 g/mol. The molecule has 1 N–H and O–H groups in total. The first kappa shape index (κ1) is 19.2. The van der Waals surface area contributed by atoms with E-state index in [0.29, 0.717) is 42.7 Å². The second-order valence-corrected chi connectivity index (χ2v) is 7.44. The summed E-state index contributed by atoms with van der Waals surface area (Å²) in [6, 6.07) is 13.2. The number of halogens is 1. The van der Waals surface area contributed by atoms with Gasteiger partial charge < -0.3 is 14.9 Å². The number of phenolic OH excluding ortho intramolecular Hbond substituents is 1. The van der Waals surface area contributed by atoms with Gasteiger partial charge >= 0.3 is 0 Å². The largest absolute Gasteiger partial charge is 0.508 e. The number of anilines is 1. The zero-order chi connectivity index (χ0) is 20.2. The van der Waals surface area contributed by atoms with Crippen molar-refractivity contribution in [3.05, 3.63) is 54.3 Å². The number of benzene rings is 2. The van der Waals surface area contributed by atoms with Crippen LogP contribution in [0.5, 0.6) is 5.75 Å². The maximum absolute atomic E-state index is 13.9. The van der Waals surface area contributed by atoms with Crippen molar-refractivity contribution < 1.29 is 14.3 Å². The van der Waals surface area contributed by atoms with E-state index in [-0.39, 0.29) is 23.2 Å². The lowest BCUT2D eigenvalue weighted by Crippen LogP contribution is -2.49. The van der Waals surface area contributed by atoms with Crippen LogP contribution in [-0.2, 0) is 4.79 Å². The molecule has 4 rings (SSSR count). The Kier molecular flexibility index (Phi) is 5.61. The summed E-state index contributed by atoms with van der Waals surface area (Å²) in [5.74, 6) is 0.103. The van der Waals surface area contributed by atoms with E-state index < -0.39 is 0 Å². The van der Waals surface area contributed by atoms with Crippen LogP contribution in [0.4, 0.5) is 10.1 Å². The van der Waals surface area contributed by atoms with Crippen molar-refractivity contribution >= 4 is 23.4 Å². The number of hydrogen-bond donors (Lipinski definition) is 1. The van der Waals surface area contributed by atoms with Crippen molar-refractivity contribution in [2.24, 2.45) is 0 Å². The van der Waals surface area contributed by atoms with Crippen molar-refractivity contribution in [2.45, 2.75) is 5.16 Å². The smallest absolute Gasteiger partial charge is 0.233 e. The van der Waals surface area contributed by atoms with E-state index in [1.54, 1.807) is 41.3 Å². The molecule has 0 atom stereocenters. The Morgan fingerprint density at radius 1 is 1.07 bits per heavy atom. The van der Waals surface area contributed by atoms with Gasteiger partial charge in [-0.15, -0.1) is 5.10 Å². The van der Waals surface area contributed by atoms with Crippen LogP contribution in [0.15, 0.2) is 53.7 Å². The first-order valence-electron chi connectivity index (χ1n) is 9.09. The first-order chi connectivity index (χ1) is 14.1. The monoisotopic (exact) mass is 414 g/mol. The minimum Gasteiger partial charge on any atom is -0.508 e. The summed E-state index contributed by atoms with van der Waals surface area (Å²) in [6.07, 6.45) is 0. The van der Waals surface area contributed by atoms with Gasteiger partial charge in [0.25, 0.3) is 0 Å². The van der Waals surface area contributed by atoms with Gasteiger partial charge in [-0.3, -0.25) is 4.79 Å². The molecule has 10 heteroatoms. The molecule has 1 aliphatic heterocycles. The van der Waals surface area contributed by atoms with Gasteiger partial charge in [0.05, 0.1) is 17.1 Å². The molecule has 0 spiro atoms.